The lowest BCUT2D eigenvalue weighted by atomic mass is 10.2. The number of aromatic nitrogens is 2. The molecule has 0 spiro atoms. The van der Waals surface area contributed by atoms with Crippen molar-refractivity contribution in [2.45, 2.75) is 32.9 Å². The summed E-state index contributed by atoms with van der Waals surface area (Å²) in [6.45, 7) is 9.63. The molecule has 2 aromatic rings. The molecule has 1 amide bonds. The molecule has 0 radical (unpaired) electrons. The molecule has 0 saturated carbocycles. The number of rotatable bonds is 6. The zero-order chi connectivity index (χ0) is 20.3. The summed E-state index contributed by atoms with van der Waals surface area (Å²) in [5.41, 5.74) is -0.313. The van der Waals surface area contributed by atoms with E-state index in [1.807, 2.05) is 0 Å². The number of amides is 1. The highest BCUT2D eigenvalue weighted by Gasteiger charge is 2.23. The first-order valence-corrected chi connectivity index (χ1v) is 9.75. The van der Waals surface area contributed by atoms with Crippen LogP contribution in [0.1, 0.15) is 32.9 Å². The van der Waals surface area contributed by atoms with E-state index in [9.17, 15) is 14.4 Å². The second kappa shape index (κ2) is 8.70. The van der Waals surface area contributed by atoms with Crippen LogP contribution in [0, 0.1) is 0 Å². The SMILES string of the molecule is CC(C)n1c(=O)c2ccccc2n([C@@H](C)C(=O)NCCN2CCOCC2)c1=O. The third-order valence-corrected chi connectivity index (χ3v) is 5.14. The first-order valence-electron chi connectivity index (χ1n) is 9.75. The Kier molecular flexibility index (Phi) is 6.31. The topological polar surface area (TPSA) is 85.6 Å². The standard InChI is InChI=1S/C20H28N4O4/c1-14(2)23-19(26)16-6-4-5-7-17(16)24(20(23)27)15(3)18(25)21-8-9-22-10-12-28-13-11-22/h4-7,14-15H,8-13H2,1-3H3,(H,21,25)/t15-/m0/s1. The Bertz CT molecular complexity index is 957. The third kappa shape index (κ3) is 4.02. The Balaban J connectivity index is 1.86. The third-order valence-electron chi connectivity index (χ3n) is 5.14. The molecule has 1 saturated heterocycles. The van der Waals surface area contributed by atoms with Crippen molar-refractivity contribution >= 4 is 16.8 Å². The highest BCUT2D eigenvalue weighted by molar-refractivity contribution is 5.84. The zero-order valence-electron chi connectivity index (χ0n) is 16.7. The predicted octanol–water partition coefficient (Wildman–Crippen LogP) is 0.754. The number of carbonyl (C=O) groups is 1. The van der Waals surface area contributed by atoms with Crippen molar-refractivity contribution in [2.75, 3.05) is 39.4 Å². The molecule has 1 aromatic carbocycles. The maximum Gasteiger partial charge on any atom is 0.332 e. The second-order valence-electron chi connectivity index (χ2n) is 7.36. The summed E-state index contributed by atoms with van der Waals surface area (Å²) in [6.07, 6.45) is 0. The van der Waals surface area contributed by atoms with E-state index in [0.717, 1.165) is 19.6 Å². The zero-order valence-corrected chi connectivity index (χ0v) is 16.7. The van der Waals surface area contributed by atoms with Gasteiger partial charge in [-0.15, -0.1) is 0 Å². The van der Waals surface area contributed by atoms with Crippen LogP contribution in [0.5, 0.6) is 0 Å². The van der Waals surface area contributed by atoms with Gasteiger partial charge in [0.25, 0.3) is 5.56 Å². The normalized spacial score (nSPS) is 16.4. The Hall–Kier alpha value is -2.45. The van der Waals surface area contributed by atoms with Crippen LogP contribution in [0.15, 0.2) is 33.9 Å². The van der Waals surface area contributed by atoms with Gasteiger partial charge in [0.15, 0.2) is 0 Å². The summed E-state index contributed by atoms with van der Waals surface area (Å²) in [5.74, 6) is -0.241. The average molecular weight is 388 g/mol. The van der Waals surface area contributed by atoms with Gasteiger partial charge in [-0.25, -0.2) is 4.79 Å². The van der Waals surface area contributed by atoms with E-state index in [-0.39, 0.29) is 17.5 Å². The number of nitrogens with one attached hydrogen (secondary N) is 1. The monoisotopic (exact) mass is 388 g/mol. The van der Waals surface area contributed by atoms with Crippen LogP contribution in [0.25, 0.3) is 10.9 Å². The summed E-state index contributed by atoms with van der Waals surface area (Å²) in [4.78, 5) is 40.7. The average Bonchev–Trinajstić information content (AvgIpc) is 2.68. The Morgan fingerprint density at radius 1 is 1.11 bits per heavy atom. The van der Waals surface area contributed by atoms with E-state index >= 15 is 0 Å². The van der Waals surface area contributed by atoms with Crippen molar-refractivity contribution in [3.05, 3.63) is 45.1 Å². The van der Waals surface area contributed by atoms with Gasteiger partial charge in [0.05, 0.1) is 24.1 Å². The van der Waals surface area contributed by atoms with Crippen LogP contribution in [0.4, 0.5) is 0 Å². The minimum absolute atomic E-state index is 0.241. The minimum Gasteiger partial charge on any atom is -0.379 e. The van der Waals surface area contributed by atoms with Gasteiger partial charge in [-0.05, 0) is 32.9 Å². The molecule has 8 nitrogen and oxygen atoms in total. The Morgan fingerprint density at radius 3 is 2.46 bits per heavy atom. The molecule has 152 valence electrons. The number of para-hydroxylation sites is 1. The van der Waals surface area contributed by atoms with Crippen molar-refractivity contribution in [3.63, 3.8) is 0 Å². The number of hydrogen-bond donors (Lipinski definition) is 1. The van der Waals surface area contributed by atoms with Crippen molar-refractivity contribution in [3.8, 4) is 0 Å². The maximum absolute atomic E-state index is 13.0. The molecule has 1 aliphatic heterocycles. The molecule has 1 fully saturated rings. The molecule has 0 bridgehead atoms. The van der Waals surface area contributed by atoms with Crippen molar-refractivity contribution < 1.29 is 9.53 Å². The van der Waals surface area contributed by atoms with Gasteiger partial charge in [0, 0.05) is 32.2 Å². The molecule has 3 rings (SSSR count). The lowest BCUT2D eigenvalue weighted by Crippen LogP contribution is -2.46. The number of carbonyl (C=O) groups excluding carboxylic acids is 1. The lowest BCUT2D eigenvalue weighted by Gasteiger charge is -2.27. The van der Waals surface area contributed by atoms with E-state index in [2.05, 4.69) is 10.2 Å². The van der Waals surface area contributed by atoms with Crippen LogP contribution in [0.2, 0.25) is 0 Å². The number of nitrogens with zero attached hydrogens (tertiary/aromatic N) is 3. The quantitative estimate of drug-likeness (QED) is 0.789. The molecule has 8 heteroatoms. The number of benzene rings is 1. The van der Waals surface area contributed by atoms with E-state index in [0.29, 0.717) is 30.7 Å². The van der Waals surface area contributed by atoms with E-state index in [1.54, 1.807) is 45.0 Å². The molecule has 0 unspecified atom stereocenters. The molecule has 1 aliphatic rings. The van der Waals surface area contributed by atoms with E-state index < -0.39 is 11.7 Å². The van der Waals surface area contributed by atoms with Gasteiger partial charge in [-0.1, -0.05) is 12.1 Å². The molecule has 28 heavy (non-hydrogen) atoms. The van der Waals surface area contributed by atoms with E-state index in [4.69, 9.17) is 4.74 Å². The molecule has 2 heterocycles. The minimum atomic E-state index is -0.729. The van der Waals surface area contributed by atoms with Crippen molar-refractivity contribution in [1.82, 2.24) is 19.4 Å². The summed E-state index contributed by atoms with van der Waals surface area (Å²) < 4.78 is 7.95. The van der Waals surface area contributed by atoms with Crippen LogP contribution < -0.4 is 16.6 Å². The lowest BCUT2D eigenvalue weighted by molar-refractivity contribution is -0.124. The molecule has 1 atom stereocenters. The molecular formula is C20H28N4O4. The fraction of sp³-hybridized carbons (Fsp3) is 0.550. The smallest absolute Gasteiger partial charge is 0.332 e. The van der Waals surface area contributed by atoms with Gasteiger partial charge >= 0.3 is 5.69 Å². The highest BCUT2D eigenvalue weighted by Crippen LogP contribution is 2.14. The Morgan fingerprint density at radius 2 is 1.79 bits per heavy atom. The van der Waals surface area contributed by atoms with Gasteiger partial charge in [-0.2, -0.15) is 0 Å². The maximum atomic E-state index is 13.0. The number of hydrogen-bond acceptors (Lipinski definition) is 5. The summed E-state index contributed by atoms with van der Waals surface area (Å²) in [7, 11) is 0. The van der Waals surface area contributed by atoms with Gasteiger partial charge < -0.3 is 10.1 Å². The van der Waals surface area contributed by atoms with Crippen LogP contribution in [-0.4, -0.2) is 59.3 Å². The summed E-state index contributed by atoms with van der Waals surface area (Å²) in [6, 6.07) is 5.90. The van der Waals surface area contributed by atoms with Crippen LogP contribution >= 0.6 is 0 Å². The highest BCUT2D eigenvalue weighted by atomic mass is 16.5. The molecule has 1 N–H and O–H groups in total. The molecule has 0 aliphatic carbocycles. The van der Waals surface area contributed by atoms with Crippen molar-refractivity contribution in [2.24, 2.45) is 0 Å². The van der Waals surface area contributed by atoms with Crippen LogP contribution in [0.3, 0.4) is 0 Å². The van der Waals surface area contributed by atoms with E-state index in [1.165, 1.54) is 9.13 Å². The summed E-state index contributed by atoms with van der Waals surface area (Å²) >= 11 is 0. The van der Waals surface area contributed by atoms with Gasteiger partial charge in [-0.3, -0.25) is 23.6 Å². The second-order valence-corrected chi connectivity index (χ2v) is 7.36. The van der Waals surface area contributed by atoms with Gasteiger partial charge in [0.2, 0.25) is 5.91 Å². The first-order chi connectivity index (χ1) is 13.4. The van der Waals surface area contributed by atoms with Gasteiger partial charge in [0.1, 0.15) is 6.04 Å². The first kappa shape index (κ1) is 20.3. The largest absolute Gasteiger partial charge is 0.379 e. The number of morpholine rings is 1. The number of ether oxygens (including phenoxy) is 1. The number of fused-ring (bicyclic) bond motifs is 1. The fourth-order valence-corrected chi connectivity index (χ4v) is 3.56. The van der Waals surface area contributed by atoms with Crippen LogP contribution in [-0.2, 0) is 9.53 Å². The summed E-state index contributed by atoms with van der Waals surface area (Å²) in [5, 5.41) is 3.35. The van der Waals surface area contributed by atoms with Crippen molar-refractivity contribution in [1.29, 1.82) is 0 Å². The Labute approximate surface area is 163 Å². The molecular weight excluding hydrogens is 360 g/mol. The molecule has 1 aromatic heterocycles. The predicted molar refractivity (Wildman–Crippen MR) is 108 cm³/mol. The fourth-order valence-electron chi connectivity index (χ4n) is 3.56.